The first-order chi connectivity index (χ1) is 14.6. The highest BCUT2D eigenvalue weighted by Gasteiger charge is 2.29. The van der Waals surface area contributed by atoms with Crippen LogP contribution in [0.15, 0.2) is 74.7 Å². The van der Waals surface area contributed by atoms with Crippen molar-refractivity contribution in [3.8, 4) is 11.6 Å². The second kappa shape index (κ2) is 7.67. The van der Waals surface area contributed by atoms with Crippen LogP contribution in [0, 0.1) is 0 Å². The van der Waals surface area contributed by atoms with Crippen molar-refractivity contribution < 1.29 is 17.4 Å². The zero-order valence-electron chi connectivity index (χ0n) is 16.1. The summed E-state index contributed by atoms with van der Waals surface area (Å²) in [6, 6.07) is 16.6. The Hall–Kier alpha value is -3.01. The van der Waals surface area contributed by atoms with Gasteiger partial charge in [-0.1, -0.05) is 35.5 Å². The van der Waals surface area contributed by atoms with E-state index >= 15 is 0 Å². The molecule has 0 saturated carbocycles. The molecule has 0 unspecified atom stereocenters. The molecular weight excluding hydrogens is 404 g/mol. The van der Waals surface area contributed by atoms with Crippen LogP contribution in [0.4, 0.5) is 0 Å². The first-order valence-corrected chi connectivity index (χ1v) is 11.1. The molecule has 2 aromatic carbocycles. The summed E-state index contributed by atoms with van der Waals surface area (Å²) in [6.07, 6.45) is 1.56. The van der Waals surface area contributed by atoms with Gasteiger partial charge in [0.05, 0.1) is 17.7 Å². The van der Waals surface area contributed by atoms with Gasteiger partial charge in [-0.3, -0.25) is 4.90 Å². The molecule has 1 saturated heterocycles. The Bertz CT molecular complexity index is 1260. The molecule has 5 rings (SSSR count). The number of furan rings is 1. The first-order valence-electron chi connectivity index (χ1n) is 9.67. The third-order valence-corrected chi connectivity index (χ3v) is 7.15. The Morgan fingerprint density at radius 2 is 1.73 bits per heavy atom. The van der Waals surface area contributed by atoms with Crippen molar-refractivity contribution in [1.82, 2.24) is 19.3 Å². The lowest BCUT2D eigenvalue weighted by atomic mass is 10.1. The summed E-state index contributed by atoms with van der Waals surface area (Å²) in [4.78, 5) is 6.78. The Morgan fingerprint density at radius 3 is 2.50 bits per heavy atom. The van der Waals surface area contributed by atoms with E-state index in [9.17, 15) is 8.42 Å². The molecule has 1 aliphatic heterocycles. The molecule has 0 amide bonds. The topological polar surface area (TPSA) is 92.7 Å². The molecule has 8 nitrogen and oxygen atoms in total. The third kappa shape index (κ3) is 3.62. The van der Waals surface area contributed by atoms with Crippen molar-refractivity contribution >= 4 is 20.8 Å². The molecule has 0 aliphatic carbocycles. The number of aromatic nitrogens is 2. The first kappa shape index (κ1) is 19.0. The SMILES string of the molecule is O=S(=O)(c1ccc2ccccc2c1)N1CCN(Cc2nc(-c3ccco3)no2)CC1. The Kier molecular flexibility index (Phi) is 4.86. The number of hydrogen-bond acceptors (Lipinski definition) is 7. The van der Waals surface area contributed by atoms with Crippen molar-refractivity contribution in [3.05, 3.63) is 66.8 Å². The van der Waals surface area contributed by atoms with Gasteiger partial charge in [0.15, 0.2) is 5.76 Å². The molecule has 1 fully saturated rings. The van der Waals surface area contributed by atoms with Gasteiger partial charge in [-0.2, -0.15) is 9.29 Å². The van der Waals surface area contributed by atoms with Crippen molar-refractivity contribution in [1.29, 1.82) is 0 Å². The molecule has 154 valence electrons. The number of fused-ring (bicyclic) bond motifs is 1. The minimum atomic E-state index is -3.53. The minimum absolute atomic E-state index is 0.328. The molecule has 0 radical (unpaired) electrons. The standard InChI is InChI=1S/C21H20N4O4S/c26-30(27,18-8-7-16-4-1-2-5-17(16)14-18)25-11-9-24(10-12-25)15-20-22-21(23-29-20)19-6-3-13-28-19/h1-8,13-14H,9-12,15H2. The largest absolute Gasteiger partial charge is 0.461 e. The molecule has 2 aromatic heterocycles. The van der Waals surface area contributed by atoms with E-state index in [1.54, 1.807) is 30.5 Å². The number of nitrogens with zero attached hydrogens (tertiary/aromatic N) is 4. The van der Waals surface area contributed by atoms with Crippen molar-refractivity contribution in [3.63, 3.8) is 0 Å². The quantitative estimate of drug-likeness (QED) is 0.486. The fraction of sp³-hybridized carbons (Fsp3) is 0.238. The van der Waals surface area contributed by atoms with Gasteiger partial charge < -0.3 is 8.94 Å². The second-order valence-corrected chi connectivity index (χ2v) is 9.12. The monoisotopic (exact) mass is 424 g/mol. The summed E-state index contributed by atoms with van der Waals surface area (Å²) < 4.78 is 38.3. The molecule has 1 aliphatic rings. The van der Waals surface area contributed by atoms with Crippen molar-refractivity contribution in [2.45, 2.75) is 11.4 Å². The maximum absolute atomic E-state index is 13.1. The predicted molar refractivity (Wildman–Crippen MR) is 110 cm³/mol. The van der Waals surface area contributed by atoms with E-state index in [1.165, 1.54) is 4.31 Å². The average molecular weight is 424 g/mol. The van der Waals surface area contributed by atoms with Crippen LogP contribution in [-0.4, -0.2) is 53.9 Å². The van der Waals surface area contributed by atoms with E-state index in [0.717, 1.165) is 10.8 Å². The van der Waals surface area contributed by atoms with Crippen LogP contribution in [0.2, 0.25) is 0 Å². The van der Waals surface area contributed by atoms with Crippen LogP contribution >= 0.6 is 0 Å². The van der Waals surface area contributed by atoms with Gasteiger partial charge in [0.1, 0.15) is 0 Å². The Morgan fingerprint density at radius 1 is 0.933 bits per heavy atom. The normalized spacial score (nSPS) is 16.3. The van der Waals surface area contributed by atoms with Gasteiger partial charge >= 0.3 is 0 Å². The molecule has 0 spiro atoms. The van der Waals surface area contributed by atoms with Crippen LogP contribution in [0.1, 0.15) is 5.89 Å². The fourth-order valence-corrected chi connectivity index (χ4v) is 5.08. The summed E-state index contributed by atoms with van der Waals surface area (Å²) in [5.41, 5.74) is 0. The lowest BCUT2D eigenvalue weighted by Gasteiger charge is -2.33. The summed E-state index contributed by atoms with van der Waals surface area (Å²) in [7, 11) is -3.53. The summed E-state index contributed by atoms with van der Waals surface area (Å²) in [6.45, 7) is 2.47. The van der Waals surface area contributed by atoms with E-state index in [2.05, 4.69) is 15.0 Å². The molecule has 30 heavy (non-hydrogen) atoms. The molecule has 0 bridgehead atoms. The summed E-state index contributed by atoms with van der Waals surface area (Å²) in [5.74, 6) is 1.44. The summed E-state index contributed by atoms with van der Waals surface area (Å²) in [5, 5.41) is 5.87. The van der Waals surface area contributed by atoms with Crippen LogP contribution in [0.3, 0.4) is 0 Å². The van der Waals surface area contributed by atoms with Gasteiger partial charge in [-0.05, 0) is 35.0 Å². The van der Waals surface area contributed by atoms with Crippen LogP contribution < -0.4 is 0 Å². The van der Waals surface area contributed by atoms with E-state index < -0.39 is 10.0 Å². The van der Waals surface area contributed by atoms with Crippen LogP contribution in [0.25, 0.3) is 22.4 Å². The lowest BCUT2D eigenvalue weighted by molar-refractivity contribution is 0.163. The van der Waals surface area contributed by atoms with E-state index in [4.69, 9.17) is 8.94 Å². The highest BCUT2D eigenvalue weighted by atomic mass is 32.2. The number of piperazine rings is 1. The van der Waals surface area contributed by atoms with Crippen LogP contribution in [0.5, 0.6) is 0 Å². The fourth-order valence-electron chi connectivity index (χ4n) is 3.62. The second-order valence-electron chi connectivity index (χ2n) is 7.18. The number of rotatable bonds is 5. The summed E-state index contributed by atoms with van der Waals surface area (Å²) >= 11 is 0. The maximum Gasteiger partial charge on any atom is 0.243 e. The van der Waals surface area contributed by atoms with Gasteiger partial charge in [0.25, 0.3) is 0 Å². The maximum atomic E-state index is 13.1. The van der Waals surface area contributed by atoms with Crippen LogP contribution in [-0.2, 0) is 16.6 Å². The molecule has 4 aromatic rings. The molecular formula is C21H20N4O4S. The molecule has 0 N–H and O–H groups in total. The smallest absolute Gasteiger partial charge is 0.243 e. The molecule has 0 atom stereocenters. The van der Waals surface area contributed by atoms with E-state index in [0.29, 0.717) is 55.1 Å². The van der Waals surface area contributed by atoms with E-state index in [1.807, 2.05) is 30.3 Å². The average Bonchev–Trinajstić information content (AvgIpc) is 3.46. The van der Waals surface area contributed by atoms with Crippen molar-refractivity contribution in [2.24, 2.45) is 0 Å². The van der Waals surface area contributed by atoms with Gasteiger partial charge in [0.2, 0.25) is 21.7 Å². The number of benzene rings is 2. The lowest BCUT2D eigenvalue weighted by Crippen LogP contribution is -2.48. The Labute approximate surface area is 173 Å². The van der Waals surface area contributed by atoms with Gasteiger partial charge in [-0.25, -0.2) is 8.42 Å². The number of sulfonamides is 1. The highest BCUT2D eigenvalue weighted by Crippen LogP contribution is 2.23. The predicted octanol–water partition coefficient (Wildman–Crippen LogP) is 2.99. The van der Waals surface area contributed by atoms with Gasteiger partial charge in [-0.15, -0.1) is 0 Å². The zero-order valence-corrected chi connectivity index (χ0v) is 17.0. The molecule has 3 heterocycles. The minimum Gasteiger partial charge on any atom is -0.461 e. The Balaban J connectivity index is 1.24. The van der Waals surface area contributed by atoms with E-state index in [-0.39, 0.29) is 0 Å². The van der Waals surface area contributed by atoms with Crippen molar-refractivity contribution in [2.75, 3.05) is 26.2 Å². The zero-order chi connectivity index (χ0) is 20.6. The number of hydrogen-bond donors (Lipinski definition) is 0. The highest BCUT2D eigenvalue weighted by molar-refractivity contribution is 7.89. The third-order valence-electron chi connectivity index (χ3n) is 5.26. The molecule has 9 heteroatoms. The van der Waals surface area contributed by atoms with Gasteiger partial charge in [0, 0.05) is 26.2 Å².